The van der Waals surface area contributed by atoms with Gasteiger partial charge < -0.3 is 15.5 Å². The van der Waals surface area contributed by atoms with E-state index in [0.717, 1.165) is 31.9 Å². The van der Waals surface area contributed by atoms with Crippen LogP contribution in [-0.4, -0.2) is 31.2 Å². The Labute approximate surface area is 113 Å². The van der Waals surface area contributed by atoms with Gasteiger partial charge in [0.15, 0.2) is 0 Å². The minimum absolute atomic E-state index is 0.817. The summed E-state index contributed by atoms with van der Waals surface area (Å²) < 4.78 is 0. The molecule has 0 amide bonds. The molecule has 4 nitrogen and oxygen atoms in total. The first kappa shape index (κ1) is 11.8. The average Bonchev–Trinajstić information content (AvgIpc) is 2.49. The maximum absolute atomic E-state index is 5.72. The minimum atomic E-state index is 0.817. The number of anilines is 3. The van der Waals surface area contributed by atoms with Crippen LogP contribution in [0.15, 0.2) is 48.8 Å². The van der Waals surface area contributed by atoms with Gasteiger partial charge in [0.25, 0.3) is 0 Å². The monoisotopic (exact) mass is 254 g/mol. The van der Waals surface area contributed by atoms with Crippen molar-refractivity contribution >= 4 is 17.1 Å². The highest BCUT2D eigenvalue weighted by atomic mass is 15.3. The van der Waals surface area contributed by atoms with Gasteiger partial charge in [-0.1, -0.05) is 0 Å². The highest BCUT2D eigenvalue weighted by molar-refractivity contribution is 5.55. The molecule has 3 rings (SSSR count). The molecule has 4 heteroatoms. The van der Waals surface area contributed by atoms with Crippen LogP contribution in [-0.2, 0) is 0 Å². The SMILES string of the molecule is Nc1ccc(N2CCN(c3cccnc3)CC2)cc1. The molecule has 2 heterocycles. The Hall–Kier alpha value is -2.23. The van der Waals surface area contributed by atoms with E-state index in [1.165, 1.54) is 11.4 Å². The van der Waals surface area contributed by atoms with E-state index < -0.39 is 0 Å². The Morgan fingerprint density at radius 2 is 1.47 bits per heavy atom. The van der Waals surface area contributed by atoms with Crippen LogP contribution in [0.5, 0.6) is 0 Å². The molecule has 0 aliphatic carbocycles. The summed E-state index contributed by atoms with van der Waals surface area (Å²) in [7, 11) is 0. The lowest BCUT2D eigenvalue weighted by Crippen LogP contribution is -2.46. The molecule has 1 aliphatic rings. The van der Waals surface area contributed by atoms with Crippen LogP contribution in [0, 0.1) is 0 Å². The fraction of sp³-hybridized carbons (Fsp3) is 0.267. The van der Waals surface area contributed by atoms with Crippen LogP contribution in [0.3, 0.4) is 0 Å². The quantitative estimate of drug-likeness (QED) is 0.833. The number of nitrogen functional groups attached to an aromatic ring is 1. The van der Waals surface area contributed by atoms with Gasteiger partial charge in [-0.05, 0) is 36.4 Å². The maximum Gasteiger partial charge on any atom is 0.0553 e. The number of piperazine rings is 1. The lowest BCUT2D eigenvalue weighted by molar-refractivity contribution is 0.653. The van der Waals surface area contributed by atoms with Gasteiger partial charge in [0, 0.05) is 43.8 Å². The summed E-state index contributed by atoms with van der Waals surface area (Å²) in [5, 5.41) is 0. The second-order valence-corrected chi connectivity index (χ2v) is 4.78. The van der Waals surface area contributed by atoms with Gasteiger partial charge in [-0.3, -0.25) is 4.98 Å². The molecule has 1 fully saturated rings. The first-order valence-corrected chi connectivity index (χ1v) is 6.58. The van der Waals surface area contributed by atoms with E-state index in [2.05, 4.69) is 33.0 Å². The van der Waals surface area contributed by atoms with Gasteiger partial charge in [-0.25, -0.2) is 0 Å². The lowest BCUT2D eigenvalue weighted by Gasteiger charge is -2.37. The summed E-state index contributed by atoms with van der Waals surface area (Å²) >= 11 is 0. The Morgan fingerprint density at radius 3 is 2.05 bits per heavy atom. The fourth-order valence-corrected chi connectivity index (χ4v) is 2.45. The third kappa shape index (κ3) is 2.62. The number of aromatic nitrogens is 1. The summed E-state index contributed by atoms with van der Waals surface area (Å²) in [5.41, 5.74) is 9.00. The van der Waals surface area contributed by atoms with Gasteiger partial charge in [0.2, 0.25) is 0 Å². The van der Waals surface area contributed by atoms with Crippen molar-refractivity contribution < 1.29 is 0 Å². The molecule has 1 saturated heterocycles. The Kier molecular flexibility index (Phi) is 3.23. The summed E-state index contributed by atoms with van der Waals surface area (Å²) in [4.78, 5) is 8.95. The van der Waals surface area contributed by atoms with Crippen molar-refractivity contribution in [2.24, 2.45) is 0 Å². The summed E-state index contributed by atoms with van der Waals surface area (Å²) in [6.45, 7) is 4.10. The van der Waals surface area contributed by atoms with Crippen molar-refractivity contribution in [2.75, 3.05) is 41.7 Å². The molecule has 1 aromatic heterocycles. The van der Waals surface area contributed by atoms with Crippen LogP contribution < -0.4 is 15.5 Å². The van der Waals surface area contributed by atoms with Gasteiger partial charge in [0.1, 0.15) is 0 Å². The first-order chi connectivity index (χ1) is 9.33. The van der Waals surface area contributed by atoms with E-state index >= 15 is 0 Å². The topological polar surface area (TPSA) is 45.4 Å². The summed E-state index contributed by atoms with van der Waals surface area (Å²) in [5.74, 6) is 0. The van der Waals surface area contributed by atoms with Crippen molar-refractivity contribution in [2.45, 2.75) is 0 Å². The van der Waals surface area contributed by atoms with Crippen molar-refractivity contribution in [1.82, 2.24) is 4.98 Å². The van der Waals surface area contributed by atoms with Crippen molar-refractivity contribution in [3.8, 4) is 0 Å². The van der Waals surface area contributed by atoms with E-state index in [9.17, 15) is 0 Å². The standard InChI is InChI=1S/C15H18N4/c16-13-3-5-14(6-4-13)18-8-10-19(11-9-18)15-2-1-7-17-12-15/h1-7,12H,8-11,16H2. The zero-order valence-electron chi connectivity index (χ0n) is 10.9. The van der Waals surface area contributed by atoms with Gasteiger partial charge >= 0.3 is 0 Å². The van der Waals surface area contributed by atoms with Crippen LogP contribution in [0.2, 0.25) is 0 Å². The molecule has 0 unspecified atom stereocenters. The van der Waals surface area contributed by atoms with Crippen molar-refractivity contribution in [3.63, 3.8) is 0 Å². The number of pyridine rings is 1. The average molecular weight is 254 g/mol. The maximum atomic E-state index is 5.72. The number of hydrogen-bond donors (Lipinski definition) is 1. The molecule has 0 saturated carbocycles. The number of rotatable bonds is 2. The van der Waals surface area contributed by atoms with E-state index in [-0.39, 0.29) is 0 Å². The van der Waals surface area contributed by atoms with E-state index in [0.29, 0.717) is 0 Å². The van der Waals surface area contributed by atoms with E-state index in [1.54, 1.807) is 0 Å². The molecule has 0 spiro atoms. The molecule has 0 atom stereocenters. The van der Waals surface area contributed by atoms with Crippen molar-refractivity contribution in [1.29, 1.82) is 0 Å². The molecule has 19 heavy (non-hydrogen) atoms. The van der Waals surface area contributed by atoms with Crippen LogP contribution in [0.1, 0.15) is 0 Å². The van der Waals surface area contributed by atoms with Gasteiger partial charge in [-0.15, -0.1) is 0 Å². The first-order valence-electron chi connectivity index (χ1n) is 6.58. The zero-order chi connectivity index (χ0) is 13.1. The number of nitrogens with two attached hydrogens (primary N) is 1. The zero-order valence-corrected chi connectivity index (χ0v) is 10.9. The highest BCUT2D eigenvalue weighted by Gasteiger charge is 2.17. The Bertz CT molecular complexity index is 516. The van der Waals surface area contributed by atoms with Crippen LogP contribution in [0.25, 0.3) is 0 Å². The third-order valence-electron chi connectivity index (χ3n) is 3.55. The normalized spacial score (nSPS) is 15.6. The van der Waals surface area contributed by atoms with Gasteiger partial charge in [-0.2, -0.15) is 0 Å². The Balaban J connectivity index is 1.65. The molecular formula is C15H18N4. The van der Waals surface area contributed by atoms with E-state index in [1.807, 2.05) is 30.6 Å². The lowest BCUT2D eigenvalue weighted by atomic mass is 10.2. The molecular weight excluding hydrogens is 236 g/mol. The molecule has 2 N–H and O–H groups in total. The molecule has 2 aromatic rings. The molecule has 98 valence electrons. The van der Waals surface area contributed by atoms with Crippen molar-refractivity contribution in [3.05, 3.63) is 48.8 Å². The van der Waals surface area contributed by atoms with Crippen LogP contribution >= 0.6 is 0 Å². The molecule has 1 aromatic carbocycles. The smallest absolute Gasteiger partial charge is 0.0553 e. The number of benzene rings is 1. The highest BCUT2D eigenvalue weighted by Crippen LogP contribution is 2.20. The minimum Gasteiger partial charge on any atom is -0.399 e. The fourth-order valence-electron chi connectivity index (χ4n) is 2.45. The second kappa shape index (κ2) is 5.18. The number of hydrogen-bond acceptors (Lipinski definition) is 4. The predicted octanol–water partition coefficient (Wildman–Crippen LogP) is 1.99. The summed E-state index contributed by atoms with van der Waals surface area (Å²) in [6.07, 6.45) is 3.74. The van der Waals surface area contributed by atoms with Gasteiger partial charge in [0.05, 0.1) is 11.9 Å². The molecule has 0 radical (unpaired) electrons. The molecule has 0 bridgehead atoms. The Morgan fingerprint density at radius 1 is 0.842 bits per heavy atom. The number of nitrogens with zero attached hydrogens (tertiary/aromatic N) is 3. The largest absolute Gasteiger partial charge is 0.399 e. The molecule has 1 aliphatic heterocycles. The van der Waals surface area contributed by atoms with E-state index in [4.69, 9.17) is 5.73 Å². The predicted molar refractivity (Wildman–Crippen MR) is 79.5 cm³/mol. The summed E-state index contributed by atoms with van der Waals surface area (Å²) in [6, 6.07) is 12.2. The van der Waals surface area contributed by atoms with Crippen LogP contribution in [0.4, 0.5) is 17.1 Å². The second-order valence-electron chi connectivity index (χ2n) is 4.78. The third-order valence-corrected chi connectivity index (χ3v) is 3.55.